The highest BCUT2D eigenvalue weighted by atomic mass is 16.4. The lowest BCUT2D eigenvalue weighted by Crippen LogP contribution is -2.39. The summed E-state index contributed by atoms with van der Waals surface area (Å²) in [5.74, 6) is -0.719. The summed E-state index contributed by atoms with van der Waals surface area (Å²) in [6, 6.07) is 0. The predicted octanol–water partition coefficient (Wildman–Crippen LogP) is 1.35. The van der Waals surface area contributed by atoms with E-state index in [0.29, 0.717) is 37.8 Å². The third kappa shape index (κ3) is 2.56. The Hall–Kier alpha value is -1.10. The molecule has 118 valence electrons. The molecule has 6 atom stereocenters. The van der Waals surface area contributed by atoms with Crippen LogP contribution in [0.5, 0.6) is 0 Å². The van der Waals surface area contributed by atoms with Gasteiger partial charge in [0.25, 0.3) is 0 Å². The molecular weight excluding hydrogens is 270 g/mol. The van der Waals surface area contributed by atoms with E-state index < -0.39 is 11.9 Å². The van der Waals surface area contributed by atoms with E-state index >= 15 is 0 Å². The zero-order chi connectivity index (χ0) is 15.1. The van der Waals surface area contributed by atoms with Crippen molar-refractivity contribution in [1.29, 1.82) is 0 Å². The number of likely N-dealkylation sites (tertiary alicyclic amines) is 1. The molecule has 1 heterocycles. The first-order chi connectivity index (χ1) is 10.0. The third-order valence-corrected chi connectivity index (χ3v) is 6.00. The number of fused-ring (bicyclic) bond motifs is 1. The number of amides is 1. The smallest absolute Gasteiger partial charge is 0.307 e. The van der Waals surface area contributed by atoms with E-state index in [0.717, 1.165) is 19.3 Å². The Balaban J connectivity index is 1.69. The number of hydrogen-bond donors (Lipinski definition) is 2. The molecule has 1 saturated heterocycles. The number of aliphatic carboxylic acids is 1. The summed E-state index contributed by atoms with van der Waals surface area (Å²) in [6.07, 6.45) is 3.83. The molecule has 0 aromatic rings. The highest BCUT2D eigenvalue weighted by molar-refractivity contribution is 5.85. The first-order valence-electron chi connectivity index (χ1n) is 8.20. The molecule has 0 aromatic carbocycles. The Labute approximate surface area is 125 Å². The number of carbonyl (C=O) groups is 2. The van der Waals surface area contributed by atoms with Crippen molar-refractivity contribution >= 4 is 11.9 Å². The van der Waals surface area contributed by atoms with Crippen LogP contribution in [0, 0.1) is 29.6 Å². The number of nitrogens with zero attached hydrogens (tertiary/aromatic N) is 1. The van der Waals surface area contributed by atoms with Crippen molar-refractivity contribution in [2.75, 3.05) is 13.1 Å². The van der Waals surface area contributed by atoms with Crippen LogP contribution < -0.4 is 0 Å². The molecule has 2 N–H and O–H groups in total. The molecule has 5 nitrogen and oxygen atoms in total. The lowest BCUT2D eigenvalue weighted by atomic mass is 9.95. The highest BCUT2D eigenvalue weighted by Crippen LogP contribution is 2.43. The predicted molar refractivity (Wildman–Crippen MR) is 76.4 cm³/mol. The molecule has 0 spiro atoms. The maximum Gasteiger partial charge on any atom is 0.307 e. The molecule has 0 bridgehead atoms. The quantitative estimate of drug-likeness (QED) is 0.824. The molecule has 3 rings (SSSR count). The van der Waals surface area contributed by atoms with Gasteiger partial charge in [-0.3, -0.25) is 9.59 Å². The SMILES string of the molecule is CCC1C[C@H](C(=O)N2CC3CCC(O)C3C2)[C@H](C(=O)O)C1. The Morgan fingerprint density at radius 1 is 1.14 bits per heavy atom. The van der Waals surface area contributed by atoms with E-state index in [9.17, 15) is 19.8 Å². The van der Waals surface area contributed by atoms with E-state index in [1.807, 2.05) is 4.90 Å². The minimum Gasteiger partial charge on any atom is -0.481 e. The van der Waals surface area contributed by atoms with Crippen LogP contribution in [0.4, 0.5) is 0 Å². The Kier molecular flexibility index (Phi) is 3.95. The van der Waals surface area contributed by atoms with Crippen LogP contribution in [0.25, 0.3) is 0 Å². The number of aliphatic hydroxyl groups excluding tert-OH is 1. The first kappa shape index (κ1) is 14.8. The van der Waals surface area contributed by atoms with Crippen LogP contribution in [0.2, 0.25) is 0 Å². The molecule has 21 heavy (non-hydrogen) atoms. The average Bonchev–Trinajstić information content (AvgIpc) is 3.13. The van der Waals surface area contributed by atoms with Gasteiger partial charge in [-0.15, -0.1) is 0 Å². The lowest BCUT2D eigenvalue weighted by molar-refractivity contribution is -0.148. The van der Waals surface area contributed by atoms with Crippen molar-refractivity contribution < 1.29 is 19.8 Å². The first-order valence-corrected chi connectivity index (χ1v) is 8.20. The topological polar surface area (TPSA) is 77.8 Å². The standard InChI is InChI=1S/C16H25NO4/c1-2-9-5-11(12(6-9)16(20)21)15(19)17-7-10-3-4-14(18)13(10)8-17/h9-14,18H,2-8H2,1H3,(H,20,21)/t9?,10?,11-,12+,13?,14?/m0/s1. The second-order valence-corrected chi connectivity index (χ2v) is 7.11. The third-order valence-electron chi connectivity index (χ3n) is 6.00. The molecule has 1 amide bonds. The summed E-state index contributed by atoms with van der Waals surface area (Å²) in [6.45, 7) is 3.39. The van der Waals surface area contributed by atoms with Crippen molar-refractivity contribution in [2.24, 2.45) is 29.6 Å². The van der Waals surface area contributed by atoms with E-state index in [-0.39, 0.29) is 23.8 Å². The summed E-state index contributed by atoms with van der Waals surface area (Å²) in [7, 11) is 0. The largest absolute Gasteiger partial charge is 0.481 e. The highest BCUT2D eigenvalue weighted by Gasteiger charge is 2.48. The maximum absolute atomic E-state index is 12.7. The van der Waals surface area contributed by atoms with Gasteiger partial charge in [-0.25, -0.2) is 0 Å². The fourth-order valence-corrected chi connectivity index (χ4v) is 4.67. The molecule has 2 saturated carbocycles. The van der Waals surface area contributed by atoms with E-state index in [4.69, 9.17) is 0 Å². The minimum atomic E-state index is -0.830. The van der Waals surface area contributed by atoms with Gasteiger partial charge >= 0.3 is 5.97 Å². The van der Waals surface area contributed by atoms with E-state index in [1.165, 1.54) is 0 Å². The van der Waals surface area contributed by atoms with E-state index in [2.05, 4.69) is 6.92 Å². The molecule has 4 unspecified atom stereocenters. The Morgan fingerprint density at radius 2 is 1.86 bits per heavy atom. The second-order valence-electron chi connectivity index (χ2n) is 7.11. The molecule has 0 radical (unpaired) electrons. The molecular formula is C16H25NO4. The zero-order valence-corrected chi connectivity index (χ0v) is 12.6. The Bertz CT molecular complexity index is 438. The molecule has 1 aliphatic heterocycles. The van der Waals surface area contributed by atoms with Crippen molar-refractivity contribution in [1.82, 2.24) is 4.90 Å². The maximum atomic E-state index is 12.7. The number of aliphatic hydroxyl groups is 1. The van der Waals surface area contributed by atoms with Gasteiger partial charge in [-0.05, 0) is 37.5 Å². The second kappa shape index (κ2) is 5.59. The number of carboxylic acids is 1. The fraction of sp³-hybridized carbons (Fsp3) is 0.875. The fourth-order valence-electron chi connectivity index (χ4n) is 4.67. The molecule has 3 aliphatic rings. The molecule has 0 aromatic heterocycles. The summed E-state index contributed by atoms with van der Waals surface area (Å²) < 4.78 is 0. The number of rotatable bonds is 3. The van der Waals surface area contributed by atoms with Gasteiger partial charge in [-0.2, -0.15) is 0 Å². The average molecular weight is 295 g/mol. The monoisotopic (exact) mass is 295 g/mol. The normalized spacial score (nSPS) is 42.3. The van der Waals surface area contributed by atoms with Crippen molar-refractivity contribution in [3.05, 3.63) is 0 Å². The molecule has 2 aliphatic carbocycles. The van der Waals surface area contributed by atoms with Gasteiger partial charge < -0.3 is 15.1 Å². The number of hydrogen-bond acceptors (Lipinski definition) is 3. The van der Waals surface area contributed by atoms with Crippen LogP contribution in [-0.2, 0) is 9.59 Å². The van der Waals surface area contributed by atoms with Crippen molar-refractivity contribution in [3.63, 3.8) is 0 Å². The van der Waals surface area contributed by atoms with Crippen LogP contribution >= 0.6 is 0 Å². The van der Waals surface area contributed by atoms with E-state index in [1.54, 1.807) is 0 Å². The van der Waals surface area contributed by atoms with Crippen LogP contribution in [0.3, 0.4) is 0 Å². The number of carbonyl (C=O) groups excluding carboxylic acids is 1. The summed E-state index contributed by atoms with van der Waals surface area (Å²) in [5, 5.41) is 19.3. The van der Waals surface area contributed by atoms with Crippen LogP contribution in [0.1, 0.15) is 39.0 Å². The van der Waals surface area contributed by atoms with Gasteiger partial charge in [0, 0.05) is 19.0 Å². The minimum absolute atomic E-state index is 0.0138. The summed E-state index contributed by atoms with van der Waals surface area (Å²) in [4.78, 5) is 26.0. The molecule has 5 heteroatoms. The summed E-state index contributed by atoms with van der Waals surface area (Å²) in [5.41, 5.74) is 0. The van der Waals surface area contributed by atoms with Gasteiger partial charge in [0.2, 0.25) is 5.91 Å². The van der Waals surface area contributed by atoms with Crippen molar-refractivity contribution in [3.8, 4) is 0 Å². The van der Waals surface area contributed by atoms with Gasteiger partial charge in [0.05, 0.1) is 17.9 Å². The van der Waals surface area contributed by atoms with Crippen molar-refractivity contribution in [2.45, 2.75) is 45.1 Å². The van der Waals surface area contributed by atoms with Gasteiger partial charge in [0.1, 0.15) is 0 Å². The summed E-state index contributed by atoms with van der Waals surface area (Å²) >= 11 is 0. The van der Waals surface area contributed by atoms with Crippen LogP contribution in [-0.4, -0.2) is 46.2 Å². The van der Waals surface area contributed by atoms with Crippen LogP contribution in [0.15, 0.2) is 0 Å². The zero-order valence-electron chi connectivity index (χ0n) is 12.6. The molecule has 3 fully saturated rings. The van der Waals surface area contributed by atoms with Gasteiger partial charge in [0.15, 0.2) is 0 Å². The number of carboxylic acid groups (broad SMARTS) is 1. The lowest BCUT2D eigenvalue weighted by Gasteiger charge is -2.24. The van der Waals surface area contributed by atoms with Gasteiger partial charge in [-0.1, -0.05) is 13.3 Å². The Morgan fingerprint density at radius 3 is 2.48 bits per heavy atom.